The Hall–Kier alpha value is -9.22. The van der Waals surface area contributed by atoms with Gasteiger partial charge in [0.05, 0.1) is 51.6 Å². The van der Waals surface area contributed by atoms with Crippen LogP contribution in [0.3, 0.4) is 0 Å². The molecule has 0 radical (unpaired) electrons. The van der Waals surface area contributed by atoms with Crippen molar-refractivity contribution >= 4 is 49.3 Å². The average Bonchev–Trinajstić information content (AvgIpc) is 3.89. The zero-order chi connectivity index (χ0) is 48.5. The van der Waals surface area contributed by atoms with Crippen molar-refractivity contribution in [1.29, 1.82) is 5.26 Å². The molecule has 336 valence electrons. The lowest BCUT2D eigenvalue weighted by Crippen LogP contribution is -2.03. The van der Waals surface area contributed by atoms with E-state index in [2.05, 4.69) is 236 Å². The van der Waals surface area contributed by atoms with Gasteiger partial charge in [0, 0.05) is 21.5 Å². The molecule has 0 saturated carbocycles. The van der Waals surface area contributed by atoms with Gasteiger partial charge in [-0.15, -0.1) is 0 Å². The molecule has 10 aromatic carbocycles. The van der Waals surface area contributed by atoms with Gasteiger partial charge in [-0.05, 0) is 138 Å². The van der Waals surface area contributed by atoms with E-state index in [0.717, 1.165) is 116 Å². The molecule has 0 amide bonds. The Bertz CT molecular complexity index is 3980. The first-order valence-electron chi connectivity index (χ1n) is 24.1. The maximum Gasteiger partial charge on any atom is 0.234 e. The summed E-state index contributed by atoms with van der Waals surface area (Å²) in [6, 6.07) is 74.5. The van der Waals surface area contributed by atoms with Gasteiger partial charge in [-0.1, -0.05) is 180 Å². The second-order valence-electron chi connectivity index (χ2n) is 19.2. The minimum atomic E-state index is 0.503. The number of hydrogen-bond donors (Lipinski definition) is 0. The predicted molar refractivity (Wildman–Crippen MR) is 297 cm³/mol. The number of hydrogen-bond acceptors (Lipinski definition) is 1. The third kappa shape index (κ3) is 7.46. The highest BCUT2D eigenvalue weighted by Gasteiger charge is 2.26. The molecule has 4 nitrogen and oxygen atoms in total. The van der Waals surface area contributed by atoms with Gasteiger partial charge in [0.25, 0.3) is 0 Å². The lowest BCUT2D eigenvalue weighted by Gasteiger charge is -2.21. The summed E-state index contributed by atoms with van der Waals surface area (Å²) in [4.78, 5) is 4.67. The van der Waals surface area contributed by atoms with Crippen LogP contribution in [0.15, 0.2) is 200 Å². The summed E-state index contributed by atoms with van der Waals surface area (Å²) >= 11 is 0. The first-order valence-corrected chi connectivity index (χ1v) is 24.1. The van der Waals surface area contributed by atoms with Crippen LogP contribution in [0.5, 0.6) is 0 Å². The molecule has 2 aromatic heterocycles. The Morgan fingerprint density at radius 1 is 0.352 bits per heavy atom. The smallest absolute Gasteiger partial charge is 0.234 e. The van der Waals surface area contributed by atoms with Gasteiger partial charge in [-0.2, -0.15) is 5.26 Å². The van der Waals surface area contributed by atoms with Crippen LogP contribution in [0, 0.1) is 52.5 Å². The third-order valence-electron chi connectivity index (χ3n) is 14.3. The quantitative estimate of drug-likeness (QED) is 0.147. The van der Waals surface area contributed by atoms with Crippen molar-refractivity contribution in [2.45, 2.75) is 34.6 Å². The van der Waals surface area contributed by atoms with Gasteiger partial charge in [0.15, 0.2) is 0 Å². The van der Waals surface area contributed by atoms with E-state index in [-0.39, 0.29) is 0 Å². The Kier molecular flexibility index (Phi) is 10.4. The highest BCUT2D eigenvalue weighted by atomic mass is 15.1. The molecule has 0 unspecified atom stereocenters. The summed E-state index contributed by atoms with van der Waals surface area (Å²) in [5.41, 5.74) is 23.0. The largest absolute Gasteiger partial charge is 0.319 e. The second-order valence-corrected chi connectivity index (χ2v) is 19.2. The number of aromatic nitrogens is 2. The summed E-state index contributed by atoms with van der Waals surface area (Å²) in [7, 11) is 0. The highest BCUT2D eigenvalue weighted by molar-refractivity contribution is 6.14. The number of nitriles is 1. The maximum absolute atomic E-state index is 10.4. The third-order valence-corrected chi connectivity index (χ3v) is 14.3. The van der Waals surface area contributed by atoms with Gasteiger partial charge in [-0.3, -0.25) is 0 Å². The van der Waals surface area contributed by atoms with E-state index < -0.39 is 0 Å². The zero-order valence-electron chi connectivity index (χ0n) is 40.3. The molecule has 0 aliphatic rings. The fourth-order valence-electron chi connectivity index (χ4n) is 10.6. The van der Waals surface area contributed by atoms with E-state index in [1.54, 1.807) is 0 Å². The number of nitrogens with zero attached hydrogens (tertiary/aromatic N) is 4. The fourth-order valence-corrected chi connectivity index (χ4v) is 10.6. The Balaban J connectivity index is 1.24. The van der Waals surface area contributed by atoms with E-state index in [9.17, 15) is 11.8 Å². The molecule has 12 aromatic rings. The summed E-state index contributed by atoms with van der Waals surface area (Å²) in [6.07, 6.45) is 0. The first kappa shape index (κ1) is 43.1. The zero-order valence-corrected chi connectivity index (χ0v) is 40.3. The predicted octanol–water partition coefficient (Wildman–Crippen LogP) is 18.2. The van der Waals surface area contributed by atoms with E-state index in [1.165, 1.54) is 22.3 Å². The molecule has 0 aliphatic heterocycles. The lowest BCUT2D eigenvalue weighted by atomic mass is 9.97. The van der Waals surface area contributed by atoms with Crippen LogP contribution in [0.1, 0.15) is 33.4 Å². The second kappa shape index (κ2) is 17.1. The Morgan fingerprint density at radius 2 is 0.704 bits per heavy atom. The molecule has 0 bridgehead atoms. The molecule has 71 heavy (non-hydrogen) atoms. The number of rotatable bonds is 7. The summed E-state index contributed by atoms with van der Waals surface area (Å²) < 4.78 is 4.66. The van der Waals surface area contributed by atoms with Crippen LogP contribution in [-0.4, -0.2) is 9.13 Å². The van der Waals surface area contributed by atoms with Gasteiger partial charge < -0.3 is 9.13 Å². The van der Waals surface area contributed by atoms with Gasteiger partial charge in [0.2, 0.25) is 5.69 Å². The molecular formula is C67H48N4. The first-order chi connectivity index (χ1) is 34.6. The van der Waals surface area contributed by atoms with Crippen molar-refractivity contribution in [3.63, 3.8) is 0 Å². The molecule has 0 N–H and O–H groups in total. The molecule has 0 fully saturated rings. The van der Waals surface area contributed by atoms with Crippen molar-refractivity contribution in [2.24, 2.45) is 0 Å². The molecule has 0 saturated heterocycles. The highest BCUT2D eigenvalue weighted by Crippen LogP contribution is 2.48. The van der Waals surface area contributed by atoms with Crippen LogP contribution in [0.4, 0.5) is 5.69 Å². The summed E-state index contributed by atoms with van der Waals surface area (Å²) in [6.45, 7) is 20.0. The standard InChI is InChI=1S/C67H48N4/c1-41-7-15-47(16-8-41)51-23-27-57-58-28-24-52(48-17-9-42(2)10-18-48)37-63(58)70(62(57)36-51)61-32-31-56(55-34-45(5)33-46(35-55)40-68)67(66(61)69-6)71-64-38-53(49-19-11-43(3)12-20-49)25-29-59(64)60-30-26-54(39-65(60)71)50-21-13-44(4)14-22-50/h7-39H,1-5H3. The Morgan fingerprint density at radius 3 is 1.06 bits per heavy atom. The van der Waals surface area contributed by atoms with Crippen LogP contribution in [0.25, 0.3) is 115 Å². The normalized spacial score (nSPS) is 11.4. The topological polar surface area (TPSA) is 38.0 Å². The molecule has 0 atom stereocenters. The lowest BCUT2D eigenvalue weighted by molar-refractivity contribution is 1.15. The van der Waals surface area contributed by atoms with Crippen molar-refractivity contribution in [3.8, 4) is 73.1 Å². The van der Waals surface area contributed by atoms with Crippen molar-refractivity contribution < 1.29 is 0 Å². The minimum absolute atomic E-state index is 0.503. The minimum Gasteiger partial charge on any atom is -0.319 e. The van der Waals surface area contributed by atoms with Gasteiger partial charge in [-0.25, -0.2) is 4.85 Å². The van der Waals surface area contributed by atoms with Crippen LogP contribution in [0.2, 0.25) is 0 Å². The van der Waals surface area contributed by atoms with Gasteiger partial charge >= 0.3 is 0 Å². The van der Waals surface area contributed by atoms with Crippen LogP contribution >= 0.6 is 0 Å². The number of aryl methyl sites for hydroxylation is 5. The fraction of sp³-hybridized carbons (Fsp3) is 0.0746. The number of benzene rings is 10. The van der Waals surface area contributed by atoms with E-state index >= 15 is 0 Å². The van der Waals surface area contributed by atoms with E-state index in [4.69, 9.17) is 0 Å². The SMILES string of the molecule is [C-]#[N+]c1c(-n2c3cc(-c4ccc(C)cc4)ccc3c3ccc(-c4ccc(C)cc4)cc32)ccc(-c2cc(C)cc(C#N)c2)c1-n1c2cc(-c3ccc(C)cc3)ccc2c2ccc(-c3ccc(C)cc3)cc21. The Labute approximate surface area is 414 Å². The summed E-state index contributed by atoms with van der Waals surface area (Å²) in [5.74, 6) is 0. The molecule has 0 spiro atoms. The molecule has 0 aliphatic carbocycles. The monoisotopic (exact) mass is 908 g/mol. The molecule has 2 heterocycles. The van der Waals surface area contributed by atoms with Crippen molar-refractivity contribution in [2.75, 3.05) is 0 Å². The average molecular weight is 909 g/mol. The van der Waals surface area contributed by atoms with Crippen LogP contribution in [-0.2, 0) is 0 Å². The van der Waals surface area contributed by atoms with Crippen LogP contribution < -0.4 is 0 Å². The van der Waals surface area contributed by atoms with Crippen molar-refractivity contribution in [1.82, 2.24) is 9.13 Å². The van der Waals surface area contributed by atoms with E-state index in [1.807, 2.05) is 19.1 Å². The van der Waals surface area contributed by atoms with Crippen molar-refractivity contribution in [3.05, 3.63) is 245 Å². The van der Waals surface area contributed by atoms with Gasteiger partial charge in [0.1, 0.15) is 0 Å². The molecular weight excluding hydrogens is 861 g/mol. The molecule has 4 heteroatoms. The van der Waals surface area contributed by atoms with E-state index in [0.29, 0.717) is 11.3 Å². The summed E-state index contributed by atoms with van der Waals surface area (Å²) in [5, 5.41) is 14.8. The molecule has 12 rings (SSSR count). The maximum atomic E-state index is 10.4. The number of fused-ring (bicyclic) bond motifs is 6.